The van der Waals surface area contributed by atoms with Gasteiger partial charge in [0.05, 0.1) is 18.0 Å². The average molecular weight is 624 g/mol. The summed E-state index contributed by atoms with van der Waals surface area (Å²) in [6.07, 6.45) is 17.8. The van der Waals surface area contributed by atoms with E-state index in [0.29, 0.717) is 22.9 Å². The van der Waals surface area contributed by atoms with Gasteiger partial charge in [0.15, 0.2) is 0 Å². The first kappa shape index (κ1) is 32.6. The number of halogens is 2. The van der Waals surface area contributed by atoms with Crippen molar-refractivity contribution in [3.05, 3.63) is 70.2 Å². The van der Waals surface area contributed by atoms with Crippen LogP contribution in [0.1, 0.15) is 99.9 Å². The van der Waals surface area contributed by atoms with E-state index in [4.69, 9.17) is 16.3 Å². The molecule has 2 aromatic rings. The lowest BCUT2D eigenvalue weighted by Crippen LogP contribution is -2.15. The second-order valence-electron chi connectivity index (χ2n) is 9.86. The lowest BCUT2D eigenvalue weighted by molar-refractivity contribution is 0.102. The van der Waals surface area contributed by atoms with Crippen LogP contribution >= 0.6 is 40.3 Å². The third kappa shape index (κ3) is 12.5. The van der Waals surface area contributed by atoms with Gasteiger partial charge in [-0.2, -0.15) is 0 Å². The minimum atomic E-state index is -0.187. The minimum absolute atomic E-state index is 0. The number of carbonyl (C=O) groups is 1. The number of nitrogens with one attached hydrogen (secondary N) is 1. The van der Waals surface area contributed by atoms with Crippen LogP contribution in [0.25, 0.3) is 0 Å². The molecule has 7 heteroatoms. The van der Waals surface area contributed by atoms with Crippen LogP contribution in [0.15, 0.2) is 54.1 Å². The van der Waals surface area contributed by atoms with E-state index in [1.807, 2.05) is 12.1 Å². The zero-order valence-electron chi connectivity index (χ0n) is 22.8. The topological polar surface area (TPSA) is 41.6 Å². The molecule has 1 N–H and O–H groups in total. The van der Waals surface area contributed by atoms with Gasteiger partial charge in [0.1, 0.15) is 5.75 Å². The first-order valence-corrected chi connectivity index (χ1v) is 15.4. The van der Waals surface area contributed by atoms with Crippen molar-refractivity contribution >= 4 is 51.9 Å². The summed E-state index contributed by atoms with van der Waals surface area (Å²) in [5.41, 5.74) is 2.48. The normalized spacial score (nSPS) is 12.4. The van der Waals surface area contributed by atoms with Crippen molar-refractivity contribution in [1.29, 1.82) is 0 Å². The number of nitrogens with zero attached hydrogens (tertiary/aromatic N) is 1. The molecule has 2 aromatic carbocycles. The number of unbranched alkanes of at least 4 members (excludes halogenated alkanes) is 11. The van der Waals surface area contributed by atoms with Gasteiger partial charge in [0.25, 0.3) is 5.91 Å². The molecule has 0 aliphatic carbocycles. The van der Waals surface area contributed by atoms with Crippen molar-refractivity contribution in [3.8, 4) is 5.75 Å². The first-order valence-electron chi connectivity index (χ1n) is 14.0. The fraction of sp³-hybridized carbons (Fsp3) is 0.516. The summed E-state index contributed by atoms with van der Waals surface area (Å²) in [7, 11) is 0. The van der Waals surface area contributed by atoms with Crippen LogP contribution < -0.4 is 10.1 Å². The van der Waals surface area contributed by atoms with Crippen molar-refractivity contribution in [1.82, 2.24) is 4.90 Å². The molecule has 1 aliphatic rings. The highest BCUT2D eigenvalue weighted by Crippen LogP contribution is 2.26. The van der Waals surface area contributed by atoms with E-state index in [1.54, 1.807) is 30.0 Å². The third-order valence-corrected chi connectivity index (χ3v) is 7.68. The molecule has 1 amide bonds. The van der Waals surface area contributed by atoms with E-state index in [2.05, 4.69) is 40.9 Å². The van der Waals surface area contributed by atoms with Gasteiger partial charge in [-0.15, -0.1) is 28.7 Å². The lowest BCUT2D eigenvalue weighted by Gasteiger charge is -2.15. The molecule has 0 bridgehead atoms. The van der Waals surface area contributed by atoms with Crippen molar-refractivity contribution < 1.29 is 9.53 Å². The van der Waals surface area contributed by atoms with Gasteiger partial charge in [-0.3, -0.25) is 4.79 Å². The number of anilines is 1. The van der Waals surface area contributed by atoms with Gasteiger partial charge >= 0.3 is 0 Å². The Bertz CT molecular complexity index is 971. The van der Waals surface area contributed by atoms with E-state index in [0.717, 1.165) is 31.0 Å². The summed E-state index contributed by atoms with van der Waals surface area (Å²) in [5.74, 6) is 1.34. The molecule has 0 fully saturated rings. The fourth-order valence-electron chi connectivity index (χ4n) is 4.46. The van der Waals surface area contributed by atoms with E-state index in [-0.39, 0.29) is 22.9 Å². The molecule has 3 rings (SSSR count). The SMILES string of the molecule is Br.CCCCCCCCCCCCCCOc1cc(Cl)ccc1C(=O)Nc1ccc(CN2C=CSC2)cc1. The van der Waals surface area contributed by atoms with Crippen molar-refractivity contribution in [2.75, 3.05) is 17.8 Å². The van der Waals surface area contributed by atoms with Crippen LogP contribution in [-0.4, -0.2) is 23.3 Å². The van der Waals surface area contributed by atoms with Crippen molar-refractivity contribution in [3.63, 3.8) is 0 Å². The number of carbonyl (C=O) groups excluding carboxylic acids is 1. The Morgan fingerprint density at radius 1 is 0.921 bits per heavy atom. The second-order valence-corrected chi connectivity index (χ2v) is 11.2. The molecular formula is C31H44BrClN2O2S. The molecule has 0 atom stereocenters. The second kappa shape index (κ2) is 19.4. The zero-order chi connectivity index (χ0) is 26.1. The number of rotatable bonds is 18. The Hall–Kier alpha value is -1.63. The number of ether oxygens (including phenoxy) is 1. The van der Waals surface area contributed by atoms with Crippen LogP contribution in [0.2, 0.25) is 5.02 Å². The molecule has 4 nitrogen and oxygen atoms in total. The van der Waals surface area contributed by atoms with Crippen LogP contribution in [-0.2, 0) is 6.54 Å². The summed E-state index contributed by atoms with van der Waals surface area (Å²) < 4.78 is 6.00. The Balaban J connectivity index is 0.00000507. The molecule has 0 unspecified atom stereocenters. The minimum Gasteiger partial charge on any atom is -0.493 e. The number of thioether (sulfide) groups is 1. The zero-order valence-corrected chi connectivity index (χ0v) is 26.0. The molecule has 0 saturated carbocycles. The number of amides is 1. The van der Waals surface area contributed by atoms with Gasteiger partial charge in [-0.25, -0.2) is 0 Å². The van der Waals surface area contributed by atoms with Gasteiger partial charge in [0.2, 0.25) is 0 Å². The van der Waals surface area contributed by atoms with Gasteiger partial charge in [0, 0.05) is 23.5 Å². The van der Waals surface area contributed by atoms with E-state index in [9.17, 15) is 4.79 Å². The summed E-state index contributed by atoms with van der Waals surface area (Å²) in [4.78, 5) is 15.2. The predicted molar refractivity (Wildman–Crippen MR) is 170 cm³/mol. The quantitative estimate of drug-likeness (QED) is 0.168. The highest BCUT2D eigenvalue weighted by atomic mass is 79.9. The molecule has 1 heterocycles. The van der Waals surface area contributed by atoms with Crippen LogP contribution in [0.3, 0.4) is 0 Å². The maximum atomic E-state index is 13.0. The largest absolute Gasteiger partial charge is 0.493 e. The molecule has 0 radical (unpaired) electrons. The van der Waals surface area contributed by atoms with Crippen LogP contribution in [0.4, 0.5) is 5.69 Å². The van der Waals surface area contributed by atoms with Gasteiger partial charge in [-0.1, -0.05) is 101 Å². The number of hydrogen-bond acceptors (Lipinski definition) is 4. The van der Waals surface area contributed by atoms with Crippen LogP contribution in [0, 0.1) is 0 Å². The monoisotopic (exact) mass is 622 g/mol. The molecular weight excluding hydrogens is 580 g/mol. The Morgan fingerprint density at radius 2 is 1.55 bits per heavy atom. The lowest BCUT2D eigenvalue weighted by atomic mass is 10.1. The Morgan fingerprint density at radius 3 is 2.16 bits per heavy atom. The standard InChI is InChI=1S/C31H43ClN2O2S.BrH/c1-2-3-4-5-6-7-8-9-10-11-12-13-21-36-30-23-27(32)16-19-29(30)31(35)33-28-17-14-26(15-18-28)24-34-20-22-37-25-34;/h14-20,22-23H,2-13,21,24-25H2,1H3,(H,33,35);1H. The summed E-state index contributed by atoms with van der Waals surface area (Å²) in [6, 6.07) is 13.2. The summed E-state index contributed by atoms with van der Waals surface area (Å²) in [5, 5.41) is 5.67. The highest BCUT2D eigenvalue weighted by molar-refractivity contribution is 8.93. The highest BCUT2D eigenvalue weighted by Gasteiger charge is 2.14. The van der Waals surface area contributed by atoms with E-state index >= 15 is 0 Å². The van der Waals surface area contributed by atoms with E-state index in [1.165, 1.54) is 69.8 Å². The Labute approximate surface area is 249 Å². The maximum absolute atomic E-state index is 13.0. The van der Waals surface area contributed by atoms with Crippen LogP contribution in [0.5, 0.6) is 5.75 Å². The number of hydrogen-bond donors (Lipinski definition) is 1. The van der Waals surface area contributed by atoms with Crippen molar-refractivity contribution in [2.24, 2.45) is 0 Å². The third-order valence-electron chi connectivity index (χ3n) is 6.65. The first-order chi connectivity index (χ1) is 18.2. The molecule has 38 heavy (non-hydrogen) atoms. The number of benzene rings is 2. The molecule has 0 aromatic heterocycles. The predicted octanol–water partition coefficient (Wildman–Crippen LogP) is 10.2. The fourth-order valence-corrected chi connectivity index (χ4v) is 5.34. The van der Waals surface area contributed by atoms with Gasteiger partial charge < -0.3 is 15.0 Å². The van der Waals surface area contributed by atoms with E-state index < -0.39 is 0 Å². The summed E-state index contributed by atoms with van der Waals surface area (Å²) in [6.45, 7) is 3.73. The van der Waals surface area contributed by atoms with Gasteiger partial charge in [-0.05, 0) is 47.7 Å². The summed E-state index contributed by atoms with van der Waals surface area (Å²) >= 11 is 8.00. The molecule has 210 valence electrons. The smallest absolute Gasteiger partial charge is 0.259 e. The van der Waals surface area contributed by atoms with Crippen molar-refractivity contribution in [2.45, 2.75) is 90.5 Å². The average Bonchev–Trinajstić information content (AvgIpc) is 3.41. The molecule has 1 aliphatic heterocycles. The maximum Gasteiger partial charge on any atom is 0.259 e. The Kier molecular flexibility index (Phi) is 16.7. The molecule has 0 saturated heterocycles. The molecule has 0 spiro atoms.